The van der Waals surface area contributed by atoms with Gasteiger partial charge in [-0.1, -0.05) is 30.3 Å². The molecule has 0 aliphatic heterocycles. The first-order chi connectivity index (χ1) is 13.6. The normalized spacial score (nSPS) is 10.8. The first-order valence-corrected chi connectivity index (χ1v) is 8.04. The molecule has 0 fully saturated rings. The van der Waals surface area contributed by atoms with E-state index in [0.717, 1.165) is 10.4 Å². The third kappa shape index (κ3) is 4.52. The van der Waals surface area contributed by atoms with Crippen molar-refractivity contribution >= 4 is 17.8 Å². The Kier molecular flexibility index (Phi) is 5.65. The predicted molar refractivity (Wildman–Crippen MR) is 98.6 cm³/mol. The number of rotatable bonds is 7. The van der Waals surface area contributed by atoms with Crippen LogP contribution in [-0.2, 0) is 11.3 Å². The number of hydrogen-bond acceptors (Lipinski definition) is 8. The fourth-order valence-corrected chi connectivity index (χ4v) is 2.29. The van der Waals surface area contributed by atoms with Crippen molar-refractivity contribution in [2.24, 2.45) is 5.10 Å². The zero-order valence-electron chi connectivity index (χ0n) is 14.7. The highest BCUT2D eigenvalue weighted by atomic mass is 16.6. The summed E-state index contributed by atoms with van der Waals surface area (Å²) in [6.45, 7) is -0.181. The lowest BCUT2D eigenvalue weighted by Crippen LogP contribution is -2.24. The van der Waals surface area contributed by atoms with Gasteiger partial charge in [-0.25, -0.2) is 5.43 Å². The van der Waals surface area contributed by atoms with Crippen LogP contribution in [0.5, 0.6) is 5.75 Å². The van der Waals surface area contributed by atoms with E-state index in [-0.39, 0.29) is 18.0 Å². The summed E-state index contributed by atoms with van der Waals surface area (Å²) in [7, 11) is 1.34. The molecular weight excluding hydrogens is 366 g/mol. The van der Waals surface area contributed by atoms with Crippen molar-refractivity contribution in [3.05, 3.63) is 64.2 Å². The molecule has 0 saturated heterocycles. The summed E-state index contributed by atoms with van der Waals surface area (Å²) in [6, 6.07) is 13.6. The molecule has 3 rings (SSSR count). The maximum absolute atomic E-state index is 11.9. The van der Waals surface area contributed by atoms with Gasteiger partial charge in [0.15, 0.2) is 5.75 Å². The highest BCUT2D eigenvalue weighted by Gasteiger charge is 2.14. The number of carbonyl (C=O) groups excluding carboxylic acids is 1. The summed E-state index contributed by atoms with van der Waals surface area (Å²) in [5.41, 5.74) is 3.32. The van der Waals surface area contributed by atoms with Crippen molar-refractivity contribution in [2.45, 2.75) is 6.54 Å². The molecular formula is C17H15N7O4. The third-order valence-corrected chi connectivity index (χ3v) is 3.57. The summed E-state index contributed by atoms with van der Waals surface area (Å²) < 4.78 is 4.93. The van der Waals surface area contributed by atoms with Gasteiger partial charge in [0, 0.05) is 17.2 Å². The highest BCUT2D eigenvalue weighted by molar-refractivity contribution is 5.83. The molecule has 1 N–H and O–H groups in total. The summed E-state index contributed by atoms with van der Waals surface area (Å²) in [4.78, 5) is 23.5. The molecule has 0 aliphatic rings. The average Bonchev–Trinajstić information content (AvgIpc) is 3.17. The van der Waals surface area contributed by atoms with E-state index in [2.05, 4.69) is 25.9 Å². The Labute approximate surface area is 158 Å². The van der Waals surface area contributed by atoms with Crippen molar-refractivity contribution in [2.75, 3.05) is 7.11 Å². The minimum atomic E-state index is -0.560. The van der Waals surface area contributed by atoms with Crippen molar-refractivity contribution in [1.82, 2.24) is 25.6 Å². The lowest BCUT2D eigenvalue weighted by atomic mass is 10.2. The number of methoxy groups -OCH3 is 1. The van der Waals surface area contributed by atoms with Crippen LogP contribution in [0.3, 0.4) is 0 Å². The van der Waals surface area contributed by atoms with Crippen LogP contribution in [0.2, 0.25) is 0 Å². The van der Waals surface area contributed by atoms with Gasteiger partial charge >= 0.3 is 5.69 Å². The standard InChI is InChI=1S/C17H15N7O4/c1-28-15-8-7-12(9-14(15)24(26)27)10-18-19-16(25)11-23-21-17(20-22-23)13-5-3-2-4-6-13/h2-10H,11H2,1H3,(H,19,25)/b18-10-. The third-order valence-electron chi connectivity index (χ3n) is 3.57. The van der Waals surface area contributed by atoms with Crippen molar-refractivity contribution < 1.29 is 14.5 Å². The topological polar surface area (TPSA) is 137 Å². The van der Waals surface area contributed by atoms with E-state index in [9.17, 15) is 14.9 Å². The molecule has 142 valence electrons. The fourth-order valence-electron chi connectivity index (χ4n) is 2.29. The molecule has 11 nitrogen and oxygen atoms in total. The minimum Gasteiger partial charge on any atom is -0.490 e. The maximum Gasteiger partial charge on any atom is 0.311 e. The van der Waals surface area contributed by atoms with Crippen LogP contribution in [0.15, 0.2) is 53.6 Å². The van der Waals surface area contributed by atoms with E-state index in [1.165, 1.54) is 25.5 Å². The van der Waals surface area contributed by atoms with Gasteiger partial charge in [-0.2, -0.15) is 9.90 Å². The molecule has 1 amide bonds. The number of hydrazone groups is 1. The Bertz CT molecular complexity index is 1020. The van der Waals surface area contributed by atoms with Gasteiger partial charge in [0.25, 0.3) is 5.91 Å². The number of ether oxygens (including phenoxy) is 1. The second-order valence-corrected chi connectivity index (χ2v) is 5.49. The smallest absolute Gasteiger partial charge is 0.311 e. The van der Waals surface area contributed by atoms with E-state index >= 15 is 0 Å². The quantitative estimate of drug-likeness (QED) is 0.371. The van der Waals surface area contributed by atoms with Crippen molar-refractivity contribution in [3.8, 4) is 17.1 Å². The first-order valence-electron chi connectivity index (χ1n) is 8.04. The Morgan fingerprint density at radius 3 is 2.82 bits per heavy atom. The Balaban J connectivity index is 1.59. The molecule has 0 saturated carbocycles. The first kappa shape index (κ1) is 18.6. The second-order valence-electron chi connectivity index (χ2n) is 5.49. The summed E-state index contributed by atoms with van der Waals surface area (Å²) >= 11 is 0. The van der Waals surface area contributed by atoms with E-state index in [1.807, 2.05) is 30.3 Å². The number of carbonyl (C=O) groups is 1. The Morgan fingerprint density at radius 2 is 2.11 bits per heavy atom. The maximum atomic E-state index is 11.9. The zero-order chi connectivity index (χ0) is 19.9. The Hall–Kier alpha value is -4.15. The number of nitro benzene ring substituents is 1. The van der Waals surface area contributed by atoms with Crippen LogP contribution in [-0.4, -0.2) is 44.4 Å². The summed E-state index contributed by atoms with van der Waals surface area (Å²) in [5.74, 6) is 0.0661. The number of aromatic nitrogens is 4. The number of nitrogens with one attached hydrogen (secondary N) is 1. The molecule has 0 radical (unpaired) electrons. The van der Waals surface area contributed by atoms with Gasteiger partial charge in [-0.05, 0) is 17.3 Å². The second kappa shape index (κ2) is 8.49. The van der Waals surface area contributed by atoms with E-state index in [4.69, 9.17) is 4.74 Å². The average molecular weight is 381 g/mol. The fraction of sp³-hybridized carbons (Fsp3) is 0.118. The van der Waals surface area contributed by atoms with Crippen LogP contribution < -0.4 is 10.2 Å². The molecule has 11 heteroatoms. The lowest BCUT2D eigenvalue weighted by molar-refractivity contribution is -0.385. The van der Waals surface area contributed by atoms with Crippen LogP contribution >= 0.6 is 0 Å². The number of benzene rings is 2. The molecule has 0 atom stereocenters. The molecule has 0 spiro atoms. The molecule has 2 aromatic carbocycles. The monoisotopic (exact) mass is 381 g/mol. The molecule has 0 bridgehead atoms. The highest BCUT2D eigenvalue weighted by Crippen LogP contribution is 2.26. The number of tetrazole rings is 1. The minimum absolute atomic E-state index is 0.137. The van der Waals surface area contributed by atoms with Gasteiger partial charge in [0.2, 0.25) is 5.82 Å². The van der Waals surface area contributed by atoms with Crippen LogP contribution in [0.4, 0.5) is 5.69 Å². The molecule has 3 aromatic rings. The zero-order valence-corrected chi connectivity index (χ0v) is 14.7. The van der Waals surface area contributed by atoms with E-state index < -0.39 is 10.8 Å². The van der Waals surface area contributed by atoms with Crippen molar-refractivity contribution in [1.29, 1.82) is 0 Å². The van der Waals surface area contributed by atoms with E-state index in [0.29, 0.717) is 11.4 Å². The van der Waals surface area contributed by atoms with Crippen LogP contribution in [0.25, 0.3) is 11.4 Å². The lowest BCUT2D eigenvalue weighted by Gasteiger charge is -2.02. The molecule has 28 heavy (non-hydrogen) atoms. The van der Waals surface area contributed by atoms with Crippen LogP contribution in [0, 0.1) is 10.1 Å². The number of nitro groups is 1. The molecule has 0 unspecified atom stereocenters. The van der Waals surface area contributed by atoms with Gasteiger partial charge in [0.1, 0.15) is 6.54 Å². The van der Waals surface area contributed by atoms with Gasteiger partial charge in [-0.15, -0.1) is 10.2 Å². The van der Waals surface area contributed by atoms with E-state index in [1.54, 1.807) is 6.07 Å². The van der Waals surface area contributed by atoms with Gasteiger partial charge in [0.05, 0.1) is 18.2 Å². The number of nitrogens with zero attached hydrogens (tertiary/aromatic N) is 6. The van der Waals surface area contributed by atoms with Crippen molar-refractivity contribution in [3.63, 3.8) is 0 Å². The van der Waals surface area contributed by atoms with Gasteiger partial charge < -0.3 is 4.74 Å². The molecule has 1 aromatic heterocycles. The molecule has 0 aliphatic carbocycles. The van der Waals surface area contributed by atoms with Gasteiger partial charge in [-0.3, -0.25) is 14.9 Å². The molecule has 1 heterocycles. The SMILES string of the molecule is COc1ccc(/C=N\NC(=O)Cn2nnc(-c3ccccc3)n2)cc1[N+](=O)[O-]. The number of hydrogen-bond donors (Lipinski definition) is 1. The summed E-state index contributed by atoms with van der Waals surface area (Å²) in [6.07, 6.45) is 1.29. The van der Waals surface area contributed by atoms with Crippen LogP contribution in [0.1, 0.15) is 5.56 Å². The largest absolute Gasteiger partial charge is 0.490 e. The summed E-state index contributed by atoms with van der Waals surface area (Å²) in [5, 5.41) is 26.6. The number of amides is 1. The Morgan fingerprint density at radius 1 is 1.32 bits per heavy atom. The predicted octanol–water partition coefficient (Wildman–Crippen LogP) is 1.41.